The summed E-state index contributed by atoms with van der Waals surface area (Å²) in [5.41, 5.74) is 3.02. The van der Waals surface area contributed by atoms with E-state index in [2.05, 4.69) is 21.3 Å². The zero-order valence-corrected chi connectivity index (χ0v) is 26.1. The molecular formula is C36H39N5O6. The van der Waals surface area contributed by atoms with Gasteiger partial charge >= 0.3 is 0 Å². The van der Waals surface area contributed by atoms with Gasteiger partial charge in [0.05, 0.1) is 6.54 Å². The molecule has 4 N–H and O–H groups in total. The highest BCUT2D eigenvalue weighted by Gasteiger charge is 2.23. The van der Waals surface area contributed by atoms with E-state index in [1.807, 2.05) is 60.7 Å². The van der Waals surface area contributed by atoms with Crippen LogP contribution in [-0.2, 0) is 41.6 Å². The van der Waals surface area contributed by atoms with Crippen molar-refractivity contribution in [3.8, 4) is 0 Å². The predicted molar refractivity (Wildman–Crippen MR) is 178 cm³/mol. The minimum atomic E-state index is -0.895. The average Bonchev–Trinajstić information content (AvgIpc) is 3.40. The van der Waals surface area contributed by atoms with E-state index in [1.165, 1.54) is 17.1 Å². The molecular weight excluding hydrogens is 598 g/mol. The van der Waals surface area contributed by atoms with Crippen LogP contribution in [-0.4, -0.2) is 59.5 Å². The molecule has 0 fully saturated rings. The molecule has 11 heteroatoms. The first-order chi connectivity index (χ1) is 22.8. The fourth-order valence-corrected chi connectivity index (χ4v) is 4.97. The molecule has 0 radical (unpaired) electrons. The van der Waals surface area contributed by atoms with Crippen molar-refractivity contribution in [1.82, 2.24) is 15.5 Å². The number of rotatable bonds is 17. The highest BCUT2D eigenvalue weighted by molar-refractivity contribution is 6.12. The number of nitrogens with zero attached hydrogens (tertiary/aromatic N) is 1. The quantitative estimate of drug-likeness (QED) is 0.131. The van der Waals surface area contributed by atoms with Crippen molar-refractivity contribution >= 4 is 46.8 Å². The van der Waals surface area contributed by atoms with Crippen molar-refractivity contribution in [3.63, 3.8) is 0 Å². The summed E-state index contributed by atoms with van der Waals surface area (Å²) in [6.07, 6.45) is 5.59. The van der Waals surface area contributed by atoms with Crippen LogP contribution in [0.5, 0.6) is 0 Å². The van der Waals surface area contributed by atoms with Crippen molar-refractivity contribution < 1.29 is 28.8 Å². The molecule has 6 amide bonds. The van der Waals surface area contributed by atoms with E-state index in [0.29, 0.717) is 50.0 Å². The summed E-state index contributed by atoms with van der Waals surface area (Å²) in [4.78, 5) is 75.2. The third-order valence-electron chi connectivity index (χ3n) is 7.48. The number of carbonyl (C=O) groups is 6. The minimum absolute atomic E-state index is 0.115. The molecule has 3 aromatic rings. The van der Waals surface area contributed by atoms with Gasteiger partial charge < -0.3 is 21.3 Å². The zero-order valence-electron chi connectivity index (χ0n) is 26.1. The maximum atomic E-state index is 13.1. The van der Waals surface area contributed by atoms with E-state index in [4.69, 9.17) is 0 Å². The van der Waals surface area contributed by atoms with Crippen molar-refractivity contribution in [3.05, 3.63) is 108 Å². The highest BCUT2D eigenvalue weighted by atomic mass is 16.2. The lowest BCUT2D eigenvalue weighted by molar-refractivity contribution is -0.137. The Morgan fingerprint density at radius 1 is 0.617 bits per heavy atom. The standard InChI is InChI=1S/C36H39N5O6/c42-31(14-8-3-9-23-41-34(45)21-22-35(41)46)40-30(24-27-12-6-2-7-13-27)36(47)37-25-33(44)39-29-18-16-28(17-19-29)38-32(43)20-15-26-10-4-1-5-11-26/h1-2,4-7,10-13,16-19,21-22,30H,3,8-9,14-15,20,23-25H2,(H,37,47)(H,38,43)(H,39,44)(H,40,42)/t30-/m0/s1. The first kappa shape index (κ1) is 34.3. The Labute approximate surface area is 273 Å². The van der Waals surface area contributed by atoms with Crippen LogP contribution < -0.4 is 21.3 Å². The Balaban J connectivity index is 1.20. The molecule has 0 aliphatic carbocycles. The molecule has 0 saturated carbocycles. The maximum absolute atomic E-state index is 13.1. The molecule has 4 rings (SSSR count). The number of imide groups is 1. The largest absolute Gasteiger partial charge is 0.345 e. The van der Waals surface area contributed by atoms with Crippen LogP contribution >= 0.6 is 0 Å². The Bertz CT molecular complexity index is 1560. The van der Waals surface area contributed by atoms with Crippen LogP contribution in [0.3, 0.4) is 0 Å². The molecule has 1 atom stereocenters. The second kappa shape index (κ2) is 17.8. The van der Waals surface area contributed by atoms with Crippen molar-refractivity contribution in [1.29, 1.82) is 0 Å². The third kappa shape index (κ3) is 11.7. The van der Waals surface area contributed by atoms with Crippen molar-refractivity contribution in [2.24, 2.45) is 0 Å². The summed E-state index contributed by atoms with van der Waals surface area (Å²) < 4.78 is 0. The Hall–Kier alpha value is -5.58. The zero-order chi connectivity index (χ0) is 33.4. The first-order valence-corrected chi connectivity index (χ1v) is 15.6. The number of carbonyl (C=O) groups excluding carboxylic acids is 6. The topological polar surface area (TPSA) is 154 Å². The predicted octanol–water partition coefficient (Wildman–Crippen LogP) is 3.53. The molecule has 1 heterocycles. The molecule has 47 heavy (non-hydrogen) atoms. The first-order valence-electron chi connectivity index (χ1n) is 15.6. The summed E-state index contributed by atoms with van der Waals surface area (Å²) in [6.45, 7) is -0.00987. The molecule has 1 aliphatic rings. The number of hydrogen-bond acceptors (Lipinski definition) is 6. The number of unbranched alkanes of at least 4 members (excludes halogenated alkanes) is 2. The minimum Gasteiger partial charge on any atom is -0.345 e. The normalized spacial score (nSPS) is 12.8. The van der Waals surface area contributed by atoms with E-state index in [0.717, 1.165) is 11.1 Å². The van der Waals surface area contributed by atoms with Gasteiger partial charge in [0.15, 0.2) is 0 Å². The van der Waals surface area contributed by atoms with Crippen molar-refractivity contribution in [2.45, 2.75) is 51.0 Å². The molecule has 0 unspecified atom stereocenters. The third-order valence-corrected chi connectivity index (χ3v) is 7.48. The van der Waals surface area contributed by atoms with E-state index in [-0.39, 0.29) is 43.0 Å². The smallest absolute Gasteiger partial charge is 0.253 e. The number of hydrogen-bond donors (Lipinski definition) is 4. The van der Waals surface area contributed by atoms with Gasteiger partial charge in [-0.2, -0.15) is 0 Å². The summed E-state index contributed by atoms with van der Waals surface area (Å²) in [7, 11) is 0. The molecule has 3 aromatic carbocycles. The summed E-state index contributed by atoms with van der Waals surface area (Å²) in [5, 5.41) is 10.9. The summed E-state index contributed by atoms with van der Waals surface area (Å²) in [5.74, 6) is -2.03. The van der Waals surface area contributed by atoms with Gasteiger partial charge in [-0.25, -0.2) is 0 Å². The Morgan fingerprint density at radius 2 is 1.19 bits per heavy atom. The summed E-state index contributed by atoms with van der Waals surface area (Å²) >= 11 is 0. The van der Waals surface area contributed by atoms with Gasteiger partial charge in [0, 0.05) is 49.3 Å². The monoisotopic (exact) mass is 637 g/mol. The van der Waals surface area contributed by atoms with E-state index < -0.39 is 17.9 Å². The fourth-order valence-electron chi connectivity index (χ4n) is 4.97. The number of aryl methyl sites for hydroxylation is 1. The van der Waals surface area contributed by atoms with Gasteiger partial charge in [-0.05, 0) is 54.7 Å². The van der Waals surface area contributed by atoms with E-state index in [1.54, 1.807) is 24.3 Å². The van der Waals surface area contributed by atoms with Crippen molar-refractivity contribution in [2.75, 3.05) is 23.7 Å². The molecule has 0 spiro atoms. The van der Waals surface area contributed by atoms with Gasteiger partial charge in [-0.3, -0.25) is 33.7 Å². The lowest BCUT2D eigenvalue weighted by atomic mass is 10.0. The van der Waals surface area contributed by atoms with Crippen LogP contribution in [0, 0.1) is 0 Å². The van der Waals surface area contributed by atoms with E-state index >= 15 is 0 Å². The second-order valence-corrected chi connectivity index (χ2v) is 11.2. The van der Waals surface area contributed by atoms with Crippen LogP contribution in [0.25, 0.3) is 0 Å². The summed E-state index contributed by atoms with van der Waals surface area (Å²) in [6, 6.07) is 24.8. The maximum Gasteiger partial charge on any atom is 0.253 e. The SMILES string of the molecule is O=C(CCc1ccccc1)Nc1ccc(NC(=O)CNC(=O)[C@H](Cc2ccccc2)NC(=O)CCCCCN2C(=O)C=CC2=O)cc1. The highest BCUT2D eigenvalue weighted by Crippen LogP contribution is 2.15. The molecule has 1 aliphatic heterocycles. The number of benzene rings is 3. The number of anilines is 2. The number of nitrogens with one attached hydrogen (secondary N) is 4. The average molecular weight is 638 g/mol. The number of amides is 6. The van der Waals surface area contributed by atoms with Gasteiger partial charge in [0.1, 0.15) is 6.04 Å². The fraction of sp³-hybridized carbons (Fsp3) is 0.278. The Morgan fingerprint density at radius 3 is 1.81 bits per heavy atom. The second-order valence-electron chi connectivity index (χ2n) is 11.2. The van der Waals surface area contributed by atoms with Gasteiger partial charge in [0.25, 0.3) is 11.8 Å². The molecule has 11 nitrogen and oxygen atoms in total. The molecule has 244 valence electrons. The van der Waals surface area contributed by atoms with Crippen LogP contribution in [0.1, 0.15) is 43.2 Å². The van der Waals surface area contributed by atoms with Gasteiger partial charge in [-0.15, -0.1) is 0 Å². The lowest BCUT2D eigenvalue weighted by Crippen LogP contribution is -2.49. The molecule has 0 saturated heterocycles. The van der Waals surface area contributed by atoms with Crippen LogP contribution in [0.4, 0.5) is 11.4 Å². The Kier molecular flexibility index (Phi) is 13.0. The van der Waals surface area contributed by atoms with Crippen LogP contribution in [0.15, 0.2) is 97.1 Å². The van der Waals surface area contributed by atoms with Gasteiger partial charge in [0.2, 0.25) is 23.6 Å². The molecule has 0 aromatic heterocycles. The van der Waals surface area contributed by atoms with E-state index in [9.17, 15) is 28.8 Å². The molecule has 0 bridgehead atoms. The lowest BCUT2D eigenvalue weighted by Gasteiger charge is -2.19. The van der Waals surface area contributed by atoms with Crippen LogP contribution in [0.2, 0.25) is 0 Å². The van der Waals surface area contributed by atoms with Gasteiger partial charge in [-0.1, -0.05) is 67.1 Å².